The fraction of sp³-hybridized carbons (Fsp3) is 0.850. The molecule has 0 saturated carbocycles. The van der Waals surface area contributed by atoms with E-state index in [1.54, 1.807) is 13.8 Å². The molecule has 1 fully saturated rings. The highest BCUT2D eigenvalue weighted by Crippen LogP contribution is 2.37. The number of aliphatic hydroxyl groups excluding tert-OH is 1. The van der Waals surface area contributed by atoms with Crippen LogP contribution in [0, 0.1) is 11.8 Å². The molecule has 3 N–H and O–H groups in total. The van der Waals surface area contributed by atoms with E-state index in [1.807, 2.05) is 19.9 Å². The Morgan fingerprint density at radius 1 is 1.20 bits per heavy atom. The van der Waals surface area contributed by atoms with Gasteiger partial charge in [0.15, 0.2) is 0 Å². The quantitative estimate of drug-likeness (QED) is 0.460. The molecule has 0 radical (unpaired) electrons. The van der Waals surface area contributed by atoms with Crippen LogP contribution in [-0.2, 0) is 9.53 Å². The summed E-state index contributed by atoms with van der Waals surface area (Å²) in [5, 5.41) is 31.7. The fourth-order valence-corrected chi connectivity index (χ4v) is 3.91. The molecule has 6 atom stereocenters. The Morgan fingerprint density at radius 2 is 1.88 bits per heavy atom. The summed E-state index contributed by atoms with van der Waals surface area (Å²) in [6.45, 7) is 7.27. The summed E-state index contributed by atoms with van der Waals surface area (Å²) in [6.07, 6.45) is 4.88. The van der Waals surface area contributed by atoms with Crippen molar-refractivity contribution >= 4 is 5.97 Å². The Kier molecular flexibility index (Phi) is 6.34. The lowest BCUT2D eigenvalue weighted by molar-refractivity contribution is -0.184. The number of hydrogen-bond acceptors (Lipinski definition) is 5. The number of carbonyl (C=O) groups excluding carboxylic acids is 1. The lowest BCUT2D eigenvalue weighted by Gasteiger charge is -2.41. The third-order valence-electron chi connectivity index (χ3n) is 6.17. The van der Waals surface area contributed by atoms with Gasteiger partial charge in [0.25, 0.3) is 0 Å². The number of carbonyl (C=O) groups is 1. The second-order valence-corrected chi connectivity index (χ2v) is 8.66. The van der Waals surface area contributed by atoms with E-state index in [1.165, 1.54) is 0 Å². The summed E-state index contributed by atoms with van der Waals surface area (Å²) in [4.78, 5) is 12.2. The van der Waals surface area contributed by atoms with E-state index in [9.17, 15) is 20.1 Å². The van der Waals surface area contributed by atoms with Gasteiger partial charge in [-0.05, 0) is 77.2 Å². The van der Waals surface area contributed by atoms with E-state index >= 15 is 0 Å². The first-order valence-electron chi connectivity index (χ1n) is 9.52. The number of esters is 1. The zero-order valence-corrected chi connectivity index (χ0v) is 16.0. The van der Waals surface area contributed by atoms with Gasteiger partial charge >= 0.3 is 5.97 Å². The highest BCUT2D eigenvalue weighted by Gasteiger charge is 2.43. The molecule has 5 heteroatoms. The van der Waals surface area contributed by atoms with Crippen LogP contribution in [0.3, 0.4) is 0 Å². The van der Waals surface area contributed by atoms with Crippen molar-refractivity contribution < 1.29 is 24.9 Å². The molecule has 0 aromatic rings. The summed E-state index contributed by atoms with van der Waals surface area (Å²) in [6, 6.07) is 0. The van der Waals surface area contributed by atoms with Gasteiger partial charge in [0.1, 0.15) is 6.10 Å². The first kappa shape index (κ1) is 20.4. The van der Waals surface area contributed by atoms with Crippen LogP contribution in [0.5, 0.6) is 0 Å². The minimum absolute atomic E-state index is 0.103. The molecule has 1 heterocycles. The van der Waals surface area contributed by atoms with Gasteiger partial charge in [-0.3, -0.25) is 4.79 Å². The van der Waals surface area contributed by atoms with Gasteiger partial charge in [-0.2, -0.15) is 0 Å². The van der Waals surface area contributed by atoms with Crippen LogP contribution in [0.4, 0.5) is 0 Å². The molecule has 1 saturated heterocycles. The molecule has 0 aromatic carbocycles. The maximum atomic E-state index is 12.2. The molecule has 0 aromatic heterocycles. The van der Waals surface area contributed by atoms with Gasteiger partial charge in [-0.15, -0.1) is 0 Å². The molecular formula is C20H34O5. The van der Waals surface area contributed by atoms with Crippen LogP contribution in [-0.4, -0.2) is 44.7 Å². The Hall–Kier alpha value is -0.910. The van der Waals surface area contributed by atoms with Gasteiger partial charge < -0.3 is 20.1 Å². The molecule has 5 nitrogen and oxygen atoms in total. The predicted molar refractivity (Wildman–Crippen MR) is 95.9 cm³/mol. The minimum atomic E-state index is -1.09. The number of aliphatic hydroxyl groups is 3. The van der Waals surface area contributed by atoms with Crippen LogP contribution < -0.4 is 0 Å². The van der Waals surface area contributed by atoms with Crippen LogP contribution in [0.2, 0.25) is 0 Å². The molecule has 0 spiro atoms. The second kappa shape index (κ2) is 7.77. The topological polar surface area (TPSA) is 87.0 Å². The number of allylic oxidation sites excluding steroid dienone is 1. The van der Waals surface area contributed by atoms with Crippen molar-refractivity contribution in [3.8, 4) is 0 Å². The van der Waals surface area contributed by atoms with Gasteiger partial charge in [0, 0.05) is 0 Å². The molecule has 0 amide bonds. The lowest BCUT2D eigenvalue weighted by Crippen LogP contribution is -2.49. The standard InChI is InChI=1S/C20H34O5/c1-13-6-7-15-12-17(25-18(22)14(15)2)20(4,24)10-5-9-19(3,23)11-8-16(13)21/h6,14-17,21,23-24H,5,7-12H2,1-4H3/b13-6-/t14-,15+,16-,17-,19+,20-/m0/s1. The van der Waals surface area contributed by atoms with E-state index in [0.29, 0.717) is 44.9 Å². The minimum Gasteiger partial charge on any atom is -0.459 e. The van der Waals surface area contributed by atoms with Crippen molar-refractivity contribution in [2.24, 2.45) is 11.8 Å². The number of ether oxygens (including phenoxy) is 1. The zero-order chi connectivity index (χ0) is 18.8. The van der Waals surface area contributed by atoms with Crippen LogP contribution in [0.25, 0.3) is 0 Å². The number of fused-ring (bicyclic) bond motifs is 2. The lowest BCUT2D eigenvalue weighted by atomic mass is 9.77. The van der Waals surface area contributed by atoms with Crippen molar-refractivity contribution in [1.82, 2.24) is 0 Å². The molecule has 2 bridgehead atoms. The van der Waals surface area contributed by atoms with Crippen molar-refractivity contribution in [1.29, 1.82) is 0 Å². The van der Waals surface area contributed by atoms with Crippen molar-refractivity contribution in [3.05, 3.63) is 11.6 Å². The Labute approximate surface area is 151 Å². The van der Waals surface area contributed by atoms with Crippen molar-refractivity contribution in [3.63, 3.8) is 0 Å². The van der Waals surface area contributed by atoms with Crippen LogP contribution in [0.1, 0.15) is 72.6 Å². The molecule has 144 valence electrons. The summed E-state index contributed by atoms with van der Waals surface area (Å²) in [7, 11) is 0. The molecule has 25 heavy (non-hydrogen) atoms. The normalized spacial score (nSPS) is 46.5. The van der Waals surface area contributed by atoms with E-state index < -0.39 is 23.4 Å². The maximum absolute atomic E-state index is 12.2. The SMILES string of the molecule is C/C1=C/C[C@@H]2C[C@H](OC(=O)[C@H]2C)[C@@](C)(O)CCC[C@@](C)(O)CC[C@@H]1O. The van der Waals surface area contributed by atoms with Crippen molar-refractivity contribution in [2.45, 2.75) is 96.1 Å². The number of hydrogen-bond donors (Lipinski definition) is 3. The largest absolute Gasteiger partial charge is 0.459 e. The molecule has 0 unspecified atom stereocenters. The average molecular weight is 354 g/mol. The summed E-state index contributed by atoms with van der Waals surface area (Å²) < 4.78 is 5.52. The first-order chi connectivity index (χ1) is 11.5. The highest BCUT2D eigenvalue weighted by molar-refractivity contribution is 5.73. The van der Waals surface area contributed by atoms with E-state index in [0.717, 1.165) is 5.57 Å². The highest BCUT2D eigenvalue weighted by atomic mass is 16.6. The van der Waals surface area contributed by atoms with E-state index in [-0.39, 0.29) is 17.8 Å². The Bertz CT molecular complexity index is 508. The van der Waals surface area contributed by atoms with Gasteiger partial charge in [-0.25, -0.2) is 0 Å². The van der Waals surface area contributed by atoms with E-state index in [4.69, 9.17) is 4.74 Å². The first-order valence-corrected chi connectivity index (χ1v) is 9.52. The van der Waals surface area contributed by atoms with Crippen LogP contribution in [0.15, 0.2) is 11.6 Å². The van der Waals surface area contributed by atoms with Gasteiger partial charge in [0.2, 0.25) is 0 Å². The monoisotopic (exact) mass is 354 g/mol. The second-order valence-electron chi connectivity index (χ2n) is 8.66. The zero-order valence-electron chi connectivity index (χ0n) is 16.0. The van der Waals surface area contributed by atoms with E-state index in [2.05, 4.69) is 0 Å². The smallest absolute Gasteiger partial charge is 0.309 e. The Morgan fingerprint density at radius 3 is 2.56 bits per heavy atom. The molecule has 1 aliphatic heterocycles. The average Bonchev–Trinajstić information content (AvgIpc) is 2.52. The molecule has 2 aliphatic rings. The summed E-state index contributed by atoms with van der Waals surface area (Å²) in [5.41, 5.74) is -1.09. The number of rotatable bonds is 0. The summed E-state index contributed by atoms with van der Waals surface area (Å²) in [5.74, 6) is -0.361. The fourth-order valence-electron chi connectivity index (χ4n) is 3.91. The third kappa shape index (κ3) is 5.28. The Balaban J connectivity index is 2.24. The maximum Gasteiger partial charge on any atom is 0.309 e. The summed E-state index contributed by atoms with van der Waals surface area (Å²) >= 11 is 0. The molecular weight excluding hydrogens is 320 g/mol. The third-order valence-corrected chi connectivity index (χ3v) is 6.17. The predicted octanol–water partition coefficient (Wildman–Crippen LogP) is 2.72. The van der Waals surface area contributed by atoms with Crippen molar-refractivity contribution in [2.75, 3.05) is 0 Å². The molecule has 2 rings (SSSR count). The van der Waals surface area contributed by atoms with Gasteiger partial charge in [-0.1, -0.05) is 13.0 Å². The molecule has 1 aliphatic carbocycles. The van der Waals surface area contributed by atoms with Crippen LogP contribution >= 0.6 is 0 Å². The van der Waals surface area contributed by atoms with Gasteiger partial charge in [0.05, 0.1) is 23.2 Å².